The quantitative estimate of drug-likeness (QED) is 0.309. The fourth-order valence-corrected chi connectivity index (χ4v) is 8.40. The minimum atomic E-state index is -5.57. The highest BCUT2D eigenvalue weighted by Crippen LogP contribution is 2.62. The van der Waals surface area contributed by atoms with Gasteiger partial charge in [-0.25, -0.2) is 0 Å². The first kappa shape index (κ1) is 27.0. The second-order valence-electron chi connectivity index (χ2n) is 11.1. The van der Waals surface area contributed by atoms with Crippen LogP contribution in [0.15, 0.2) is 18.2 Å². The van der Waals surface area contributed by atoms with Crippen LogP contribution < -0.4 is 0 Å². The number of rotatable bonds is 8. The summed E-state index contributed by atoms with van der Waals surface area (Å²) >= 11 is -1.44. The Kier molecular flexibility index (Phi) is 7.72. The van der Waals surface area contributed by atoms with Crippen LogP contribution in [0.25, 0.3) is 0 Å². The molecule has 198 valence electrons. The molecule has 0 aromatic heterocycles. The number of phenols is 1. The molecule has 3 nitrogen and oxygen atoms in total. The highest BCUT2D eigenvalue weighted by atomic mass is 32.2. The molecule has 3 aliphatic carbocycles. The number of hydrogen-bond acceptors (Lipinski definition) is 3. The van der Waals surface area contributed by atoms with E-state index in [4.69, 9.17) is 0 Å². The van der Waals surface area contributed by atoms with E-state index in [9.17, 15) is 36.7 Å². The topological polar surface area (TPSA) is 63.5 Å². The molecular formula is C26H35F5O3S. The number of halogens is 5. The van der Waals surface area contributed by atoms with Gasteiger partial charge in [0.05, 0.1) is 6.10 Å². The molecule has 0 radical (unpaired) electrons. The van der Waals surface area contributed by atoms with Crippen LogP contribution >= 0.6 is 0 Å². The number of phenolic OH excluding ortho intramolecular Hbond substituents is 1. The number of alkyl halides is 5. The average Bonchev–Trinajstić information content (AvgIpc) is 3.07. The molecule has 1 aromatic carbocycles. The summed E-state index contributed by atoms with van der Waals surface area (Å²) in [4.78, 5) is 0. The van der Waals surface area contributed by atoms with Gasteiger partial charge in [0, 0.05) is 6.42 Å². The van der Waals surface area contributed by atoms with Crippen molar-refractivity contribution in [3.8, 4) is 5.75 Å². The van der Waals surface area contributed by atoms with Crippen LogP contribution in [0.4, 0.5) is 22.0 Å². The number of hydrogen-bond donors (Lipinski definition) is 2. The van der Waals surface area contributed by atoms with Crippen molar-refractivity contribution in [1.29, 1.82) is 0 Å². The van der Waals surface area contributed by atoms with Crippen molar-refractivity contribution in [2.75, 3.05) is 11.5 Å². The Morgan fingerprint density at radius 3 is 2.51 bits per heavy atom. The predicted molar refractivity (Wildman–Crippen MR) is 125 cm³/mol. The standard InChI is InChI=1S/C26H35F5O3S/c1-24-11-9-20-19-6-5-18(32)15-17(19)14-16(23(20)21(24)7-8-22(24)33)4-2-12-35(34)13-3-10-25(27,28)26(29,30)31/h5-6,15-16,20-23,32-33H,2-4,7-14H2,1H3/t16-,20?,21?,22?,23?,24?,35?/m1/s1. The van der Waals surface area contributed by atoms with Crippen molar-refractivity contribution in [3.63, 3.8) is 0 Å². The van der Waals surface area contributed by atoms with E-state index in [0.717, 1.165) is 44.1 Å². The molecule has 2 fully saturated rings. The number of fused-ring (bicyclic) bond motifs is 5. The van der Waals surface area contributed by atoms with E-state index in [2.05, 4.69) is 6.92 Å². The molecular weight excluding hydrogens is 487 g/mol. The Morgan fingerprint density at radius 2 is 1.80 bits per heavy atom. The van der Waals surface area contributed by atoms with Crippen LogP contribution in [0.2, 0.25) is 0 Å². The van der Waals surface area contributed by atoms with E-state index in [0.29, 0.717) is 24.2 Å². The molecule has 1 aromatic rings. The summed E-state index contributed by atoms with van der Waals surface area (Å²) in [6.45, 7) is 2.20. The fourth-order valence-electron chi connectivity index (χ4n) is 7.24. The maximum absolute atomic E-state index is 13.1. The zero-order chi connectivity index (χ0) is 25.6. The molecule has 3 aliphatic rings. The Balaban J connectivity index is 1.39. The second kappa shape index (κ2) is 10.0. The fraction of sp³-hybridized carbons (Fsp3) is 0.769. The second-order valence-corrected chi connectivity index (χ2v) is 12.8. The van der Waals surface area contributed by atoms with Gasteiger partial charge in [0.2, 0.25) is 0 Å². The normalized spacial score (nSPS) is 33.7. The molecule has 4 rings (SSSR count). The molecule has 2 saturated carbocycles. The van der Waals surface area contributed by atoms with E-state index in [-0.39, 0.29) is 34.7 Å². The van der Waals surface area contributed by atoms with E-state index in [1.165, 1.54) is 5.56 Å². The Hall–Kier alpha value is -1.06. The predicted octanol–water partition coefficient (Wildman–Crippen LogP) is 6.34. The Bertz CT molecular complexity index is 894. The van der Waals surface area contributed by atoms with Gasteiger partial charge < -0.3 is 14.8 Å². The Morgan fingerprint density at radius 1 is 1.09 bits per heavy atom. The van der Waals surface area contributed by atoms with Gasteiger partial charge in [0.25, 0.3) is 0 Å². The summed E-state index contributed by atoms with van der Waals surface area (Å²) in [7, 11) is 0. The summed E-state index contributed by atoms with van der Waals surface area (Å²) in [6.07, 6.45) is -1.76. The van der Waals surface area contributed by atoms with Crippen molar-refractivity contribution in [2.24, 2.45) is 23.2 Å². The lowest BCUT2D eigenvalue weighted by Crippen LogP contribution is -2.47. The van der Waals surface area contributed by atoms with E-state index < -0.39 is 36.1 Å². The van der Waals surface area contributed by atoms with Crippen LogP contribution in [0.3, 0.4) is 0 Å². The summed E-state index contributed by atoms with van der Waals surface area (Å²) in [5.74, 6) is -2.99. The van der Waals surface area contributed by atoms with Gasteiger partial charge in [-0.3, -0.25) is 0 Å². The maximum Gasteiger partial charge on any atom is 0.453 e. The number of aliphatic hydroxyl groups is 1. The summed E-state index contributed by atoms with van der Waals surface area (Å²) in [6, 6.07) is 5.59. The Labute approximate surface area is 206 Å². The first-order valence-corrected chi connectivity index (χ1v) is 14.1. The molecule has 7 atom stereocenters. The van der Waals surface area contributed by atoms with Gasteiger partial charge in [0.1, 0.15) is 17.3 Å². The van der Waals surface area contributed by atoms with Crippen LogP contribution in [0.5, 0.6) is 5.75 Å². The van der Waals surface area contributed by atoms with Gasteiger partial charge in [0.15, 0.2) is 0 Å². The van der Waals surface area contributed by atoms with Gasteiger partial charge in [-0.2, -0.15) is 22.0 Å². The molecule has 0 spiro atoms. The number of benzene rings is 1. The van der Waals surface area contributed by atoms with E-state index in [1.54, 1.807) is 6.07 Å². The first-order valence-electron chi connectivity index (χ1n) is 12.6. The van der Waals surface area contributed by atoms with Crippen LogP contribution in [-0.4, -0.2) is 44.5 Å². The highest BCUT2D eigenvalue weighted by molar-refractivity contribution is 7.91. The molecule has 9 heteroatoms. The van der Waals surface area contributed by atoms with E-state index >= 15 is 0 Å². The largest absolute Gasteiger partial charge is 0.616 e. The molecule has 2 N–H and O–H groups in total. The van der Waals surface area contributed by atoms with Crippen molar-refractivity contribution in [2.45, 2.75) is 88.8 Å². The first-order chi connectivity index (χ1) is 16.3. The summed E-state index contributed by atoms with van der Waals surface area (Å²) in [5, 5.41) is 20.8. The molecule has 6 unspecified atom stereocenters. The van der Waals surface area contributed by atoms with Crippen LogP contribution in [0.1, 0.15) is 75.3 Å². The third kappa shape index (κ3) is 5.33. The third-order valence-electron chi connectivity index (χ3n) is 9.06. The van der Waals surface area contributed by atoms with Crippen molar-refractivity contribution < 1.29 is 36.7 Å². The minimum Gasteiger partial charge on any atom is -0.616 e. The van der Waals surface area contributed by atoms with E-state index in [1.807, 2.05) is 12.1 Å². The van der Waals surface area contributed by atoms with Gasteiger partial charge in [-0.15, -0.1) is 0 Å². The van der Waals surface area contributed by atoms with Gasteiger partial charge >= 0.3 is 12.1 Å². The molecule has 0 saturated heterocycles. The zero-order valence-electron chi connectivity index (χ0n) is 20.0. The molecule has 35 heavy (non-hydrogen) atoms. The summed E-state index contributed by atoms with van der Waals surface area (Å²) in [5.41, 5.74) is 2.30. The highest BCUT2D eigenvalue weighted by Gasteiger charge is 2.57. The average molecular weight is 523 g/mol. The number of aromatic hydroxyl groups is 1. The molecule has 0 amide bonds. The van der Waals surface area contributed by atoms with Crippen LogP contribution in [0, 0.1) is 23.2 Å². The van der Waals surface area contributed by atoms with Gasteiger partial charge in [-0.05, 0) is 104 Å². The maximum atomic E-state index is 13.1. The van der Waals surface area contributed by atoms with Gasteiger partial charge in [-0.1, -0.05) is 24.2 Å². The van der Waals surface area contributed by atoms with Crippen molar-refractivity contribution >= 4 is 11.2 Å². The third-order valence-corrected chi connectivity index (χ3v) is 10.5. The summed E-state index contributed by atoms with van der Waals surface area (Å²) < 4.78 is 75.5. The lowest BCUT2D eigenvalue weighted by molar-refractivity contribution is -0.284. The van der Waals surface area contributed by atoms with Crippen molar-refractivity contribution in [3.05, 3.63) is 29.3 Å². The molecule has 0 heterocycles. The number of aliphatic hydroxyl groups excluding tert-OH is 1. The zero-order valence-corrected chi connectivity index (χ0v) is 20.8. The van der Waals surface area contributed by atoms with Crippen molar-refractivity contribution in [1.82, 2.24) is 0 Å². The smallest absolute Gasteiger partial charge is 0.453 e. The monoisotopic (exact) mass is 522 g/mol. The minimum absolute atomic E-state index is 0.111. The molecule has 0 bridgehead atoms. The molecule has 0 aliphatic heterocycles. The lowest BCUT2D eigenvalue weighted by Gasteiger charge is -2.53. The lowest BCUT2D eigenvalue weighted by atomic mass is 9.52. The van der Waals surface area contributed by atoms with Crippen LogP contribution in [-0.2, 0) is 17.6 Å². The SMILES string of the molecule is CC12CCC3c4ccc(O)cc4C[C@@H](CCC[S+]([O-])CCCC(F)(F)C(F)(F)F)C3C1CCC2O.